The van der Waals surface area contributed by atoms with Gasteiger partial charge in [-0.1, -0.05) is 48.0 Å². The first-order valence-electron chi connectivity index (χ1n) is 8.28. The lowest BCUT2D eigenvalue weighted by molar-refractivity contribution is 1.30. The van der Waals surface area contributed by atoms with Gasteiger partial charge in [-0.3, -0.25) is 0 Å². The van der Waals surface area contributed by atoms with Gasteiger partial charge in [0.25, 0.3) is 0 Å². The van der Waals surface area contributed by atoms with E-state index in [1.807, 2.05) is 0 Å². The molecule has 0 aromatic heterocycles. The molecule has 0 bridgehead atoms. The standard InChI is InChI=1S/C22H17.Al/c1-13-3-5-15-7-9-17-11-12-18-10-8-16-6-4-14(2)20(16)22(18)21(17)19(13)15;/h3,7-12H,5-6H2,1-2H3;. The first-order valence-corrected chi connectivity index (χ1v) is 8.86. The van der Waals surface area contributed by atoms with Crippen molar-refractivity contribution in [1.29, 1.82) is 0 Å². The van der Waals surface area contributed by atoms with Gasteiger partial charge in [0.1, 0.15) is 0 Å². The number of hydrogen-bond acceptors (Lipinski definition) is 0. The van der Waals surface area contributed by atoms with E-state index >= 15 is 0 Å². The van der Waals surface area contributed by atoms with Crippen LogP contribution in [-0.2, 0) is 12.8 Å². The molecule has 0 unspecified atom stereocenters. The maximum Gasteiger partial charge on any atom is 0.169 e. The largest absolute Gasteiger partial charge is 0.169 e. The number of allylic oxidation sites excluding steroid dienone is 4. The minimum Gasteiger partial charge on any atom is -0.151 e. The van der Waals surface area contributed by atoms with Gasteiger partial charge in [-0.25, -0.2) is 0 Å². The average Bonchev–Trinajstić information content (AvgIpc) is 3.08. The van der Waals surface area contributed by atoms with E-state index in [-0.39, 0.29) is 0 Å². The number of rotatable bonds is 0. The number of fused-ring (bicyclic) bond motifs is 7. The molecule has 3 aromatic rings. The van der Waals surface area contributed by atoms with Crippen LogP contribution in [0.5, 0.6) is 0 Å². The van der Waals surface area contributed by atoms with E-state index in [9.17, 15) is 0 Å². The second-order valence-corrected chi connectivity index (χ2v) is 7.58. The second-order valence-electron chi connectivity index (χ2n) is 6.88. The van der Waals surface area contributed by atoms with Crippen LogP contribution < -0.4 is 0 Å². The van der Waals surface area contributed by atoms with Crippen molar-refractivity contribution in [1.82, 2.24) is 0 Å². The van der Waals surface area contributed by atoms with Gasteiger partial charge < -0.3 is 0 Å². The van der Waals surface area contributed by atoms with Crippen LogP contribution >= 0.6 is 0 Å². The molecule has 1 heteroatoms. The highest BCUT2D eigenvalue weighted by Gasteiger charge is 2.22. The van der Waals surface area contributed by atoms with Crippen LogP contribution in [0.1, 0.15) is 36.1 Å². The van der Waals surface area contributed by atoms with E-state index < -0.39 is 0 Å². The monoisotopic (exact) mass is 308 g/mol. The third-order valence-corrected chi connectivity index (χ3v) is 6.24. The van der Waals surface area contributed by atoms with Crippen molar-refractivity contribution in [2.75, 3.05) is 0 Å². The van der Waals surface area contributed by atoms with Gasteiger partial charge >= 0.3 is 0 Å². The van der Waals surface area contributed by atoms with Crippen LogP contribution in [0.15, 0.2) is 46.9 Å². The minimum absolute atomic E-state index is 1.07. The summed E-state index contributed by atoms with van der Waals surface area (Å²) in [5.74, 6) is 0. The third-order valence-electron chi connectivity index (χ3n) is 5.60. The maximum atomic E-state index is 2.95. The molecule has 0 amide bonds. The molecular formula is C22H17Al. The highest BCUT2D eigenvalue weighted by Crippen LogP contribution is 2.43. The molecule has 0 spiro atoms. The fourth-order valence-corrected chi connectivity index (χ4v) is 4.74. The highest BCUT2D eigenvalue weighted by atomic mass is 27.0. The molecule has 0 aliphatic heterocycles. The van der Waals surface area contributed by atoms with Gasteiger partial charge in [-0.2, -0.15) is 4.44 Å². The fourth-order valence-electron chi connectivity index (χ4n) is 4.38. The summed E-state index contributed by atoms with van der Waals surface area (Å²) >= 11 is 2.95. The fraction of sp³-hybridized carbons (Fsp3) is 0.182. The zero-order valence-electron chi connectivity index (χ0n) is 13.5. The van der Waals surface area contributed by atoms with E-state index in [1.54, 1.807) is 0 Å². The van der Waals surface area contributed by atoms with Gasteiger partial charge in [-0.05, 0) is 76.1 Å². The van der Waals surface area contributed by atoms with Crippen molar-refractivity contribution in [2.24, 2.45) is 0 Å². The van der Waals surface area contributed by atoms with Crippen molar-refractivity contribution < 1.29 is 0 Å². The van der Waals surface area contributed by atoms with Gasteiger partial charge in [0.2, 0.25) is 0 Å². The SMILES string of the molecule is CC1=CCc2ccc3ccc4ccc5c(c4c3c21)C(C)=[C]([Al])C5. The van der Waals surface area contributed by atoms with Crippen molar-refractivity contribution >= 4 is 49.0 Å². The average molecular weight is 308 g/mol. The Bertz CT molecular complexity index is 1080. The smallest absolute Gasteiger partial charge is 0.151 e. The molecular weight excluding hydrogens is 291 g/mol. The molecule has 2 aliphatic rings. The number of benzene rings is 3. The van der Waals surface area contributed by atoms with Crippen molar-refractivity contribution in [3.05, 3.63) is 69.2 Å². The molecule has 3 aromatic carbocycles. The summed E-state index contributed by atoms with van der Waals surface area (Å²) in [5.41, 5.74) is 8.79. The van der Waals surface area contributed by atoms with E-state index in [2.05, 4.69) is 72.6 Å². The molecule has 23 heavy (non-hydrogen) atoms. The van der Waals surface area contributed by atoms with Crippen LogP contribution in [0.3, 0.4) is 0 Å². The Labute approximate surface area is 144 Å². The van der Waals surface area contributed by atoms with Gasteiger partial charge in [0.05, 0.1) is 0 Å². The summed E-state index contributed by atoms with van der Waals surface area (Å²) in [6.07, 6.45) is 4.52. The second kappa shape index (κ2) is 4.60. The quantitative estimate of drug-likeness (QED) is 0.385. The van der Waals surface area contributed by atoms with Gasteiger partial charge in [0, 0.05) is 0 Å². The predicted octanol–water partition coefficient (Wildman–Crippen LogP) is 5.41. The normalized spacial score (nSPS) is 16.2. The lowest BCUT2D eigenvalue weighted by Gasteiger charge is -2.15. The van der Waals surface area contributed by atoms with Crippen LogP contribution in [0.25, 0.3) is 32.7 Å². The lowest BCUT2D eigenvalue weighted by Crippen LogP contribution is -1.92. The summed E-state index contributed by atoms with van der Waals surface area (Å²) < 4.78 is 1.43. The van der Waals surface area contributed by atoms with E-state index in [0.717, 1.165) is 12.8 Å². The zero-order valence-corrected chi connectivity index (χ0v) is 14.7. The van der Waals surface area contributed by atoms with Crippen LogP contribution in [-0.4, -0.2) is 16.3 Å². The molecule has 5 rings (SSSR count). The molecule has 0 atom stereocenters. The lowest BCUT2D eigenvalue weighted by atomic mass is 9.89. The van der Waals surface area contributed by atoms with Crippen molar-refractivity contribution in [3.63, 3.8) is 0 Å². The Morgan fingerprint density at radius 3 is 2.13 bits per heavy atom. The first kappa shape index (κ1) is 13.6. The first-order chi connectivity index (χ1) is 11.1. The van der Waals surface area contributed by atoms with Crippen LogP contribution in [0, 0.1) is 0 Å². The predicted molar refractivity (Wildman–Crippen MR) is 101 cm³/mol. The summed E-state index contributed by atoms with van der Waals surface area (Å²) in [4.78, 5) is 0. The summed E-state index contributed by atoms with van der Waals surface area (Å²) in [6.45, 7) is 4.54. The zero-order chi connectivity index (χ0) is 15.7. The van der Waals surface area contributed by atoms with Crippen molar-refractivity contribution in [3.8, 4) is 0 Å². The molecule has 0 saturated carbocycles. The molecule has 0 N–H and O–H groups in total. The van der Waals surface area contributed by atoms with Crippen LogP contribution in [0.4, 0.5) is 0 Å². The molecule has 2 aliphatic carbocycles. The summed E-state index contributed by atoms with van der Waals surface area (Å²) in [5, 5.41) is 5.65. The molecule has 0 heterocycles. The van der Waals surface area contributed by atoms with E-state index in [4.69, 9.17) is 0 Å². The van der Waals surface area contributed by atoms with Gasteiger partial charge in [0.15, 0.2) is 16.3 Å². The molecule has 0 fully saturated rings. The van der Waals surface area contributed by atoms with E-state index in [0.29, 0.717) is 0 Å². The highest BCUT2D eigenvalue weighted by molar-refractivity contribution is 6.28. The minimum atomic E-state index is 1.07. The summed E-state index contributed by atoms with van der Waals surface area (Å²) in [6, 6.07) is 13.8. The van der Waals surface area contributed by atoms with Crippen LogP contribution in [0.2, 0.25) is 0 Å². The Morgan fingerprint density at radius 1 is 0.783 bits per heavy atom. The third kappa shape index (κ3) is 1.73. The molecule has 0 saturated heterocycles. The molecule has 0 nitrogen and oxygen atoms in total. The van der Waals surface area contributed by atoms with E-state index in [1.165, 1.54) is 59.4 Å². The van der Waals surface area contributed by atoms with Gasteiger partial charge in [-0.15, -0.1) is 0 Å². The Hall–Kier alpha value is -1.81. The topological polar surface area (TPSA) is 0 Å². The number of hydrogen-bond donors (Lipinski definition) is 0. The molecule has 108 valence electrons. The maximum absolute atomic E-state index is 2.95. The Balaban J connectivity index is 2.08. The summed E-state index contributed by atoms with van der Waals surface area (Å²) in [7, 11) is 0. The Morgan fingerprint density at radius 2 is 1.39 bits per heavy atom. The van der Waals surface area contributed by atoms with Crippen molar-refractivity contribution in [2.45, 2.75) is 26.7 Å². The molecule has 2 radical (unpaired) electrons. The Kier molecular flexibility index (Phi) is 2.73.